The molecule has 102 valence electrons. The van der Waals surface area contributed by atoms with Gasteiger partial charge in [0.2, 0.25) is 0 Å². The largest absolute Gasteiger partial charge is 0.319 e. The molecule has 0 saturated heterocycles. The Morgan fingerprint density at radius 2 is 1.60 bits per heavy atom. The zero-order valence-electron chi connectivity index (χ0n) is 11.7. The molecular formula is C18H19NO. The average molecular weight is 265 g/mol. The van der Waals surface area contributed by atoms with Crippen molar-refractivity contribution in [3.63, 3.8) is 0 Å². The smallest absolute Gasteiger partial charge is 0.170 e. The van der Waals surface area contributed by atoms with Crippen molar-refractivity contribution in [3.8, 4) is 11.1 Å². The molecule has 20 heavy (non-hydrogen) atoms. The number of carbonyl (C=O) groups is 1. The van der Waals surface area contributed by atoms with Crippen molar-refractivity contribution in [1.29, 1.82) is 0 Å². The lowest BCUT2D eigenvalue weighted by Gasteiger charge is -2.13. The fraction of sp³-hybridized carbons (Fsp3) is 0.278. The Bertz CT molecular complexity index is 597. The molecule has 2 heteroatoms. The third-order valence-electron chi connectivity index (χ3n) is 4.10. The van der Waals surface area contributed by atoms with Crippen LogP contribution in [-0.4, -0.2) is 19.4 Å². The maximum absolute atomic E-state index is 12.5. The van der Waals surface area contributed by atoms with Crippen LogP contribution in [0.2, 0.25) is 0 Å². The van der Waals surface area contributed by atoms with Crippen molar-refractivity contribution in [2.24, 2.45) is 5.41 Å². The van der Waals surface area contributed by atoms with Crippen molar-refractivity contribution >= 4 is 5.78 Å². The van der Waals surface area contributed by atoms with E-state index in [1.165, 1.54) is 5.56 Å². The molecule has 1 saturated carbocycles. The molecule has 0 radical (unpaired) electrons. The highest BCUT2D eigenvalue weighted by molar-refractivity contribution is 6.02. The van der Waals surface area contributed by atoms with Crippen LogP contribution >= 0.6 is 0 Å². The van der Waals surface area contributed by atoms with Gasteiger partial charge in [0.05, 0.1) is 0 Å². The van der Waals surface area contributed by atoms with Gasteiger partial charge in [-0.05, 0) is 31.0 Å². The quantitative estimate of drug-likeness (QED) is 0.838. The third-order valence-corrected chi connectivity index (χ3v) is 4.10. The molecule has 1 N–H and O–H groups in total. The van der Waals surface area contributed by atoms with Gasteiger partial charge in [0, 0.05) is 17.5 Å². The van der Waals surface area contributed by atoms with E-state index >= 15 is 0 Å². The summed E-state index contributed by atoms with van der Waals surface area (Å²) in [5.41, 5.74) is 3.03. The second kappa shape index (κ2) is 5.22. The average Bonchev–Trinajstić information content (AvgIpc) is 3.29. The van der Waals surface area contributed by atoms with Crippen LogP contribution in [0.25, 0.3) is 11.1 Å². The van der Waals surface area contributed by atoms with Crippen molar-refractivity contribution in [2.75, 3.05) is 13.6 Å². The molecule has 1 aliphatic rings. The van der Waals surface area contributed by atoms with Gasteiger partial charge in [0.15, 0.2) is 5.78 Å². The van der Waals surface area contributed by atoms with E-state index in [2.05, 4.69) is 17.4 Å². The van der Waals surface area contributed by atoms with Crippen molar-refractivity contribution in [3.05, 3.63) is 60.2 Å². The van der Waals surface area contributed by atoms with Crippen LogP contribution in [0.15, 0.2) is 54.6 Å². The summed E-state index contributed by atoms with van der Waals surface area (Å²) < 4.78 is 0. The molecule has 0 heterocycles. The first-order valence-electron chi connectivity index (χ1n) is 7.10. The minimum Gasteiger partial charge on any atom is -0.319 e. The summed E-state index contributed by atoms with van der Waals surface area (Å²) in [6.07, 6.45) is 2.01. The second-order valence-electron chi connectivity index (χ2n) is 5.58. The van der Waals surface area contributed by atoms with E-state index < -0.39 is 0 Å². The highest BCUT2D eigenvalue weighted by atomic mass is 16.1. The Morgan fingerprint density at radius 1 is 1.00 bits per heavy atom. The summed E-state index contributed by atoms with van der Waals surface area (Å²) in [5.74, 6) is 0.284. The summed E-state index contributed by atoms with van der Waals surface area (Å²) in [7, 11) is 1.91. The predicted octanol–water partition coefficient (Wildman–Crippen LogP) is 3.54. The lowest BCUT2D eigenvalue weighted by atomic mass is 9.93. The number of hydrogen-bond acceptors (Lipinski definition) is 2. The molecule has 0 amide bonds. The topological polar surface area (TPSA) is 29.1 Å². The monoisotopic (exact) mass is 265 g/mol. The van der Waals surface area contributed by atoms with Crippen LogP contribution in [0.5, 0.6) is 0 Å². The Kier molecular flexibility index (Phi) is 3.41. The van der Waals surface area contributed by atoms with Gasteiger partial charge in [-0.1, -0.05) is 54.6 Å². The Morgan fingerprint density at radius 3 is 2.15 bits per heavy atom. The van der Waals surface area contributed by atoms with Crippen molar-refractivity contribution in [1.82, 2.24) is 5.32 Å². The number of Topliss-reactive ketones (excluding diaryl/α,β-unsaturated/α-hetero) is 1. The highest BCUT2D eigenvalue weighted by Gasteiger charge is 2.48. The van der Waals surface area contributed by atoms with Crippen LogP contribution in [0, 0.1) is 5.41 Å². The SMILES string of the molecule is CNCC1(C(=O)c2ccc(-c3ccccc3)cc2)CC1. The first kappa shape index (κ1) is 13.1. The minimum absolute atomic E-state index is 0.136. The third kappa shape index (κ3) is 2.39. The molecule has 3 rings (SSSR count). The van der Waals surface area contributed by atoms with Crippen LogP contribution in [-0.2, 0) is 0 Å². The zero-order valence-corrected chi connectivity index (χ0v) is 11.7. The molecule has 0 aliphatic heterocycles. The van der Waals surface area contributed by atoms with Gasteiger partial charge in [-0.2, -0.15) is 0 Å². The van der Waals surface area contributed by atoms with Gasteiger partial charge in [0.1, 0.15) is 0 Å². The number of hydrogen-bond donors (Lipinski definition) is 1. The van der Waals surface area contributed by atoms with Gasteiger partial charge in [-0.25, -0.2) is 0 Å². The standard InChI is InChI=1S/C18H19NO/c1-19-13-18(11-12-18)17(20)16-9-7-15(8-10-16)14-5-3-2-4-6-14/h2-10,19H,11-13H2,1H3. The fourth-order valence-electron chi connectivity index (χ4n) is 2.72. The Balaban J connectivity index is 1.82. The number of ketones is 1. The summed E-state index contributed by atoms with van der Waals surface area (Å²) in [5, 5.41) is 3.14. The van der Waals surface area contributed by atoms with Gasteiger partial charge in [-0.15, -0.1) is 0 Å². The van der Waals surface area contributed by atoms with E-state index in [1.807, 2.05) is 49.5 Å². The summed E-state index contributed by atoms with van der Waals surface area (Å²) in [6.45, 7) is 0.784. The van der Waals surface area contributed by atoms with Gasteiger partial charge >= 0.3 is 0 Å². The van der Waals surface area contributed by atoms with Gasteiger partial charge < -0.3 is 5.32 Å². The molecule has 1 fully saturated rings. The molecule has 0 spiro atoms. The van der Waals surface area contributed by atoms with E-state index in [9.17, 15) is 4.79 Å². The van der Waals surface area contributed by atoms with Gasteiger partial charge in [-0.3, -0.25) is 4.79 Å². The number of benzene rings is 2. The van der Waals surface area contributed by atoms with E-state index in [0.717, 1.165) is 30.5 Å². The van der Waals surface area contributed by atoms with E-state index in [-0.39, 0.29) is 11.2 Å². The highest BCUT2D eigenvalue weighted by Crippen LogP contribution is 2.47. The summed E-state index contributed by atoms with van der Waals surface area (Å²) in [4.78, 5) is 12.5. The molecule has 0 aromatic heterocycles. The minimum atomic E-state index is -0.136. The lowest BCUT2D eigenvalue weighted by Crippen LogP contribution is -2.27. The van der Waals surface area contributed by atoms with Crippen LogP contribution in [0.1, 0.15) is 23.2 Å². The zero-order chi connectivity index (χ0) is 14.0. The maximum Gasteiger partial charge on any atom is 0.170 e. The molecule has 0 atom stereocenters. The molecule has 2 aromatic carbocycles. The Hall–Kier alpha value is -1.93. The van der Waals surface area contributed by atoms with E-state index in [0.29, 0.717) is 0 Å². The van der Waals surface area contributed by atoms with E-state index in [4.69, 9.17) is 0 Å². The molecule has 0 bridgehead atoms. The fourth-order valence-corrected chi connectivity index (χ4v) is 2.72. The maximum atomic E-state index is 12.5. The summed E-state index contributed by atoms with van der Waals surface area (Å²) >= 11 is 0. The lowest BCUT2D eigenvalue weighted by molar-refractivity contribution is 0.0900. The molecule has 2 aromatic rings. The van der Waals surface area contributed by atoms with Crippen molar-refractivity contribution in [2.45, 2.75) is 12.8 Å². The van der Waals surface area contributed by atoms with Crippen LogP contribution < -0.4 is 5.32 Å². The number of nitrogens with one attached hydrogen (secondary N) is 1. The first-order valence-corrected chi connectivity index (χ1v) is 7.10. The van der Waals surface area contributed by atoms with Gasteiger partial charge in [0.25, 0.3) is 0 Å². The molecular weight excluding hydrogens is 246 g/mol. The number of carbonyl (C=O) groups excluding carboxylic acids is 1. The second-order valence-corrected chi connectivity index (χ2v) is 5.58. The van der Waals surface area contributed by atoms with E-state index in [1.54, 1.807) is 0 Å². The number of rotatable bonds is 5. The normalized spacial score (nSPS) is 15.8. The molecule has 0 unspecified atom stereocenters. The summed E-state index contributed by atoms with van der Waals surface area (Å²) in [6, 6.07) is 18.2. The predicted molar refractivity (Wildman–Crippen MR) is 81.8 cm³/mol. The molecule has 2 nitrogen and oxygen atoms in total. The van der Waals surface area contributed by atoms with Crippen LogP contribution in [0.3, 0.4) is 0 Å². The first-order chi connectivity index (χ1) is 9.75. The molecule has 1 aliphatic carbocycles. The van der Waals surface area contributed by atoms with Crippen molar-refractivity contribution < 1.29 is 4.79 Å². The van der Waals surface area contributed by atoms with Crippen LogP contribution in [0.4, 0.5) is 0 Å². The Labute approximate surface area is 119 Å².